The van der Waals surface area contributed by atoms with E-state index in [4.69, 9.17) is 0 Å². The van der Waals surface area contributed by atoms with E-state index in [0.29, 0.717) is 0 Å². The van der Waals surface area contributed by atoms with Gasteiger partial charge in [-0.05, 0) is 45.5 Å². The quantitative estimate of drug-likeness (QED) is 0.896. The molecular weight excluding hydrogens is 268 g/mol. The van der Waals surface area contributed by atoms with E-state index in [9.17, 15) is 4.79 Å². The molecule has 1 rings (SSSR count). The van der Waals surface area contributed by atoms with Crippen LogP contribution in [0.15, 0.2) is 22.7 Å². The molecule has 2 N–H and O–H groups in total. The summed E-state index contributed by atoms with van der Waals surface area (Å²) in [6, 6.07) is 5.82. The Morgan fingerprint density at radius 2 is 2.00 bits per heavy atom. The molecule has 0 saturated heterocycles. The first-order valence-corrected chi connectivity index (χ1v) is 5.92. The average Bonchev–Trinajstić information content (AvgIpc) is 2.23. The lowest BCUT2D eigenvalue weighted by molar-refractivity contribution is -0.121. The molecule has 3 nitrogen and oxygen atoms in total. The topological polar surface area (TPSA) is 41.1 Å². The summed E-state index contributed by atoms with van der Waals surface area (Å²) >= 11 is 3.39. The Labute approximate surface area is 105 Å². The Balaban J connectivity index is 2.89. The van der Waals surface area contributed by atoms with Crippen molar-refractivity contribution < 1.29 is 4.79 Å². The molecule has 0 heterocycles. The molecule has 0 aliphatic heterocycles. The van der Waals surface area contributed by atoms with E-state index in [-0.39, 0.29) is 5.91 Å². The van der Waals surface area contributed by atoms with Gasteiger partial charge in [0.1, 0.15) is 0 Å². The van der Waals surface area contributed by atoms with Crippen molar-refractivity contribution in [3.63, 3.8) is 0 Å². The zero-order valence-electron chi connectivity index (χ0n) is 10.0. The first-order chi connectivity index (χ1) is 7.36. The molecule has 0 bridgehead atoms. The van der Waals surface area contributed by atoms with Crippen molar-refractivity contribution in [2.45, 2.75) is 26.3 Å². The number of rotatable bonds is 3. The molecule has 1 amide bonds. The number of carbonyl (C=O) groups excluding carboxylic acids is 1. The second-order valence-electron chi connectivity index (χ2n) is 4.29. The minimum atomic E-state index is -0.575. The Morgan fingerprint density at radius 3 is 2.56 bits per heavy atom. The number of carbonyl (C=O) groups is 1. The third kappa shape index (κ3) is 3.06. The molecule has 16 heavy (non-hydrogen) atoms. The molecule has 0 fully saturated rings. The molecule has 0 aliphatic carbocycles. The van der Waals surface area contributed by atoms with Crippen molar-refractivity contribution in [1.29, 1.82) is 0 Å². The molecule has 0 spiro atoms. The first-order valence-electron chi connectivity index (χ1n) is 5.13. The highest BCUT2D eigenvalue weighted by atomic mass is 79.9. The molecule has 0 aromatic heterocycles. The normalized spacial score (nSPS) is 11.3. The minimum Gasteiger partial charge on any atom is -0.324 e. The Morgan fingerprint density at radius 1 is 1.38 bits per heavy atom. The van der Waals surface area contributed by atoms with Crippen LogP contribution >= 0.6 is 15.9 Å². The second-order valence-corrected chi connectivity index (χ2v) is 5.20. The number of aryl methyl sites for hydroxylation is 1. The Hall–Kier alpha value is -0.870. The summed E-state index contributed by atoms with van der Waals surface area (Å²) in [4.78, 5) is 11.9. The third-order valence-electron chi connectivity index (χ3n) is 2.64. The number of halogens is 1. The van der Waals surface area contributed by atoms with Gasteiger partial charge < -0.3 is 10.6 Å². The lowest BCUT2D eigenvalue weighted by atomic mass is 10.0. The third-order valence-corrected chi connectivity index (χ3v) is 3.13. The summed E-state index contributed by atoms with van der Waals surface area (Å²) in [6.45, 7) is 5.65. The van der Waals surface area contributed by atoms with Crippen molar-refractivity contribution in [2.24, 2.45) is 0 Å². The van der Waals surface area contributed by atoms with Gasteiger partial charge in [0.25, 0.3) is 0 Å². The van der Waals surface area contributed by atoms with Crippen molar-refractivity contribution in [3.8, 4) is 0 Å². The predicted octanol–water partition coefficient (Wildman–Crippen LogP) is 2.69. The SMILES string of the molecule is CNC(C)(C)C(=O)Nc1cc(Br)ccc1C. The minimum absolute atomic E-state index is 0.0452. The summed E-state index contributed by atoms with van der Waals surface area (Å²) in [5.41, 5.74) is 1.31. The van der Waals surface area contributed by atoms with Gasteiger partial charge in [-0.3, -0.25) is 4.79 Å². The summed E-state index contributed by atoms with van der Waals surface area (Å²) in [5.74, 6) is -0.0452. The molecule has 1 aromatic rings. The van der Waals surface area contributed by atoms with Crippen molar-refractivity contribution in [1.82, 2.24) is 5.32 Å². The second kappa shape index (κ2) is 4.97. The smallest absolute Gasteiger partial charge is 0.244 e. The summed E-state index contributed by atoms with van der Waals surface area (Å²) < 4.78 is 0.954. The zero-order chi connectivity index (χ0) is 12.3. The largest absolute Gasteiger partial charge is 0.324 e. The van der Waals surface area contributed by atoms with Gasteiger partial charge in [-0.25, -0.2) is 0 Å². The number of anilines is 1. The van der Waals surface area contributed by atoms with Crippen LogP contribution in [-0.2, 0) is 4.79 Å². The van der Waals surface area contributed by atoms with Crippen LogP contribution in [0.3, 0.4) is 0 Å². The van der Waals surface area contributed by atoms with Gasteiger partial charge in [0.15, 0.2) is 0 Å². The first kappa shape index (κ1) is 13.2. The van der Waals surface area contributed by atoms with Crippen LogP contribution in [0.1, 0.15) is 19.4 Å². The molecule has 0 unspecified atom stereocenters. The van der Waals surface area contributed by atoms with Crippen LogP contribution in [0.5, 0.6) is 0 Å². The van der Waals surface area contributed by atoms with E-state index in [2.05, 4.69) is 26.6 Å². The van der Waals surface area contributed by atoms with Crippen LogP contribution in [0.4, 0.5) is 5.69 Å². The number of nitrogens with one attached hydrogen (secondary N) is 2. The van der Waals surface area contributed by atoms with Gasteiger partial charge in [0.2, 0.25) is 5.91 Å². The number of benzene rings is 1. The number of likely N-dealkylation sites (N-methyl/N-ethyl adjacent to an activating group) is 1. The van der Waals surface area contributed by atoms with E-state index in [1.807, 2.05) is 39.0 Å². The number of hydrogen-bond acceptors (Lipinski definition) is 2. The van der Waals surface area contributed by atoms with Crippen LogP contribution in [0, 0.1) is 6.92 Å². The van der Waals surface area contributed by atoms with Crippen molar-refractivity contribution in [2.75, 3.05) is 12.4 Å². The maximum atomic E-state index is 11.9. The van der Waals surface area contributed by atoms with E-state index in [1.165, 1.54) is 0 Å². The molecule has 0 atom stereocenters. The summed E-state index contributed by atoms with van der Waals surface area (Å²) in [5, 5.41) is 5.88. The van der Waals surface area contributed by atoms with Crippen LogP contribution in [-0.4, -0.2) is 18.5 Å². The van der Waals surface area contributed by atoms with Gasteiger partial charge >= 0.3 is 0 Å². The van der Waals surface area contributed by atoms with E-state index >= 15 is 0 Å². The fourth-order valence-corrected chi connectivity index (χ4v) is 1.48. The molecule has 0 radical (unpaired) electrons. The van der Waals surface area contributed by atoms with Gasteiger partial charge in [-0.15, -0.1) is 0 Å². The van der Waals surface area contributed by atoms with Crippen molar-refractivity contribution in [3.05, 3.63) is 28.2 Å². The van der Waals surface area contributed by atoms with E-state index < -0.39 is 5.54 Å². The fourth-order valence-electron chi connectivity index (χ4n) is 1.12. The molecule has 0 aliphatic rings. The standard InChI is InChI=1S/C12H17BrN2O/c1-8-5-6-9(13)7-10(8)15-11(16)12(2,3)14-4/h5-7,14H,1-4H3,(H,15,16). The lowest BCUT2D eigenvalue weighted by Crippen LogP contribution is -2.48. The van der Waals surface area contributed by atoms with Crippen LogP contribution in [0.25, 0.3) is 0 Å². The van der Waals surface area contributed by atoms with Crippen LogP contribution < -0.4 is 10.6 Å². The highest BCUT2D eigenvalue weighted by Crippen LogP contribution is 2.21. The molecule has 0 saturated carbocycles. The van der Waals surface area contributed by atoms with Gasteiger partial charge in [-0.2, -0.15) is 0 Å². The maximum absolute atomic E-state index is 11.9. The Kier molecular flexibility index (Phi) is 4.10. The fraction of sp³-hybridized carbons (Fsp3) is 0.417. The maximum Gasteiger partial charge on any atom is 0.244 e. The monoisotopic (exact) mass is 284 g/mol. The van der Waals surface area contributed by atoms with Crippen LogP contribution in [0.2, 0.25) is 0 Å². The average molecular weight is 285 g/mol. The molecule has 1 aromatic carbocycles. The lowest BCUT2D eigenvalue weighted by Gasteiger charge is -2.23. The highest BCUT2D eigenvalue weighted by molar-refractivity contribution is 9.10. The van der Waals surface area contributed by atoms with Gasteiger partial charge in [-0.1, -0.05) is 22.0 Å². The predicted molar refractivity (Wildman–Crippen MR) is 70.6 cm³/mol. The molecular formula is C12H17BrN2O. The Bertz CT molecular complexity index is 402. The molecule has 4 heteroatoms. The number of amides is 1. The molecule has 88 valence electrons. The zero-order valence-corrected chi connectivity index (χ0v) is 11.6. The van der Waals surface area contributed by atoms with Crippen molar-refractivity contribution >= 4 is 27.5 Å². The number of hydrogen-bond donors (Lipinski definition) is 2. The van der Waals surface area contributed by atoms with E-state index in [1.54, 1.807) is 7.05 Å². The van der Waals surface area contributed by atoms with E-state index in [0.717, 1.165) is 15.7 Å². The highest BCUT2D eigenvalue weighted by Gasteiger charge is 2.25. The summed E-state index contributed by atoms with van der Waals surface area (Å²) in [6.07, 6.45) is 0. The van der Waals surface area contributed by atoms with Gasteiger partial charge in [0.05, 0.1) is 5.54 Å². The van der Waals surface area contributed by atoms with Gasteiger partial charge in [0, 0.05) is 10.2 Å². The summed E-state index contributed by atoms with van der Waals surface area (Å²) in [7, 11) is 1.77.